The molecule has 4 heteroatoms. The minimum atomic E-state index is 0.387. The Morgan fingerprint density at radius 1 is 1.30 bits per heavy atom. The number of hydrogen-bond donors (Lipinski definition) is 1. The van der Waals surface area contributed by atoms with Gasteiger partial charge in [-0.15, -0.1) is 0 Å². The van der Waals surface area contributed by atoms with Gasteiger partial charge in [0.05, 0.1) is 7.11 Å². The zero-order chi connectivity index (χ0) is 14.5. The highest BCUT2D eigenvalue weighted by Crippen LogP contribution is 2.33. The Morgan fingerprint density at radius 3 is 2.80 bits per heavy atom. The maximum Gasteiger partial charge on any atom is 0.126 e. The Balaban J connectivity index is 2.43. The summed E-state index contributed by atoms with van der Waals surface area (Å²) in [6.45, 7) is 2.83. The molecule has 20 heavy (non-hydrogen) atoms. The van der Waals surface area contributed by atoms with Gasteiger partial charge in [0, 0.05) is 28.5 Å². The molecule has 0 bridgehead atoms. The quantitative estimate of drug-likeness (QED) is 0.909. The second-order valence-corrected chi connectivity index (χ2v) is 5.27. The smallest absolute Gasteiger partial charge is 0.126 e. The number of halogens is 1. The van der Waals surface area contributed by atoms with Gasteiger partial charge in [-0.1, -0.05) is 18.5 Å². The molecule has 0 fully saturated rings. The van der Waals surface area contributed by atoms with Gasteiger partial charge in [-0.2, -0.15) is 0 Å². The van der Waals surface area contributed by atoms with E-state index in [1.165, 1.54) is 5.56 Å². The summed E-state index contributed by atoms with van der Waals surface area (Å²) in [5.74, 6) is 1.18. The van der Waals surface area contributed by atoms with E-state index in [4.69, 9.17) is 22.1 Å². The van der Waals surface area contributed by atoms with Crippen molar-refractivity contribution in [1.82, 2.24) is 4.98 Å². The van der Waals surface area contributed by atoms with Crippen LogP contribution in [0.3, 0.4) is 0 Å². The van der Waals surface area contributed by atoms with Crippen molar-refractivity contribution in [2.24, 2.45) is 5.73 Å². The molecule has 2 aromatic rings. The zero-order valence-corrected chi connectivity index (χ0v) is 12.5. The van der Waals surface area contributed by atoms with Crippen LogP contribution >= 0.6 is 11.6 Å². The number of nitrogens with two attached hydrogens (primary N) is 1. The van der Waals surface area contributed by atoms with Gasteiger partial charge in [-0.05, 0) is 48.7 Å². The van der Waals surface area contributed by atoms with Crippen LogP contribution < -0.4 is 10.5 Å². The number of methoxy groups -OCH3 is 1. The average molecular weight is 291 g/mol. The lowest BCUT2D eigenvalue weighted by molar-refractivity contribution is 0.416. The summed E-state index contributed by atoms with van der Waals surface area (Å²) in [4.78, 5) is 4.33. The van der Waals surface area contributed by atoms with Crippen LogP contribution in [-0.2, 0) is 0 Å². The Bertz CT molecular complexity index is 586. The van der Waals surface area contributed by atoms with Crippen molar-refractivity contribution in [2.75, 3.05) is 13.7 Å². The molecule has 0 spiro atoms. The van der Waals surface area contributed by atoms with E-state index in [-0.39, 0.29) is 0 Å². The lowest BCUT2D eigenvalue weighted by Crippen LogP contribution is -2.05. The summed E-state index contributed by atoms with van der Waals surface area (Å²) in [6, 6.07) is 7.71. The molecule has 0 saturated heterocycles. The van der Waals surface area contributed by atoms with Crippen molar-refractivity contribution in [1.29, 1.82) is 0 Å². The number of pyridine rings is 1. The molecule has 0 saturated carbocycles. The van der Waals surface area contributed by atoms with Gasteiger partial charge in [0.15, 0.2) is 0 Å². The maximum absolute atomic E-state index is 6.08. The number of nitrogens with zero attached hydrogens (tertiary/aromatic N) is 1. The molecule has 1 aromatic carbocycles. The molecule has 0 aliphatic rings. The molecule has 0 amide bonds. The van der Waals surface area contributed by atoms with Crippen LogP contribution in [0.2, 0.25) is 5.02 Å². The Labute approximate surface area is 124 Å². The number of hydrogen-bond acceptors (Lipinski definition) is 3. The van der Waals surface area contributed by atoms with Crippen LogP contribution in [0, 0.1) is 0 Å². The molecule has 2 N–H and O–H groups in total. The standard InChI is InChI=1S/C16H19ClN2O/c1-11(5-6-18)12-7-13(10-19-9-12)15-8-14(17)3-4-16(15)20-2/h3-4,7-11H,5-6,18H2,1-2H3. The van der Waals surface area contributed by atoms with E-state index in [1.54, 1.807) is 7.11 Å². The zero-order valence-electron chi connectivity index (χ0n) is 11.8. The van der Waals surface area contributed by atoms with Gasteiger partial charge in [-0.25, -0.2) is 0 Å². The van der Waals surface area contributed by atoms with Crippen LogP contribution in [0.15, 0.2) is 36.7 Å². The van der Waals surface area contributed by atoms with Crippen molar-refractivity contribution >= 4 is 11.6 Å². The first-order valence-corrected chi connectivity index (χ1v) is 7.02. The highest BCUT2D eigenvalue weighted by Gasteiger charge is 2.10. The summed E-state index contributed by atoms with van der Waals surface area (Å²) < 4.78 is 5.40. The second-order valence-electron chi connectivity index (χ2n) is 4.83. The van der Waals surface area contributed by atoms with Crippen LogP contribution in [0.5, 0.6) is 5.75 Å². The van der Waals surface area contributed by atoms with E-state index in [0.29, 0.717) is 17.5 Å². The van der Waals surface area contributed by atoms with Gasteiger partial charge in [0.2, 0.25) is 0 Å². The number of ether oxygens (including phenoxy) is 1. The third-order valence-corrected chi connectivity index (χ3v) is 3.64. The van der Waals surface area contributed by atoms with E-state index in [1.807, 2.05) is 30.6 Å². The van der Waals surface area contributed by atoms with E-state index < -0.39 is 0 Å². The van der Waals surface area contributed by atoms with Crippen molar-refractivity contribution in [2.45, 2.75) is 19.3 Å². The number of rotatable bonds is 5. The number of benzene rings is 1. The molecule has 1 atom stereocenters. The van der Waals surface area contributed by atoms with Gasteiger partial charge in [0.1, 0.15) is 5.75 Å². The normalized spacial score (nSPS) is 12.2. The monoisotopic (exact) mass is 290 g/mol. The number of aromatic nitrogens is 1. The summed E-state index contributed by atoms with van der Waals surface area (Å²) in [5, 5.41) is 0.682. The third kappa shape index (κ3) is 3.30. The SMILES string of the molecule is COc1ccc(Cl)cc1-c1cncc(C(C)CCN)c1. The van der Waals surface area contributed by atoms with Gasteiger partial charge >= 0.3 is 0 Å². The predicted octanol–water partition coefficient (Wildman–Crippen LogP) is 3.86. The van der Waals surface area contributed by atoms with Crippen molar-refractivity contribution < 1.29 is 4.74 Å². The molecule has 2 rings (SSSR count). The fraction of sp³-hybridized carbons (Fsp3) is 0.312. The van der Waals surface area contributed by atoms with E-state index in [2.05, 4.69) is 18.0 Å². The highest BCUT2D eigenvalue weighted by atomic mass is 35.5. The fourth-order valence-corrected chi connectivity index (χ4v) is 2.37. The first kappa shape index (κ1) is 14.8. The average Bonchev–Trinajstić information content (AvgIpc) is 2.47. The van der Waals surface area contributed by atoms with Crippen molar-refractivity contribution in [3.05, 3.63) is 47.2 Å². The summed E-state index contributed by atoms with van der Waals surface area (Å²) in [6.07, 6.45) is 4.66. The van der Waals surface area contributed by atoms with Crippen molar-refractivity contribution in [3.63, 3.8) is 0 Å². The summed E-state index contributed by atoms with van der Waals surface area (Å²) >= 11 is 6.08. The predicted molar refractivity (Wildman–Crippen MR) is 83.3 cm³/mol. The Hall–Kier alpha value is -1.58. The molecule has 1 heterocycles. The molecule has 1 aromatic heterocycles. The Morgan fingerprint density at radius 2 is 2.10 bits per heavy atom. The minimum absolute atomic E-state index is 0.387. The van der Waals surface area contributed by atoms with Crippen LogP contribution in [-0.4, -0.2) is 18.6 Å². The molecule has 0 radical (unpaired) electrons. The largest absolute Gasteiger partial charge is 0.496 e. The molecule has 1 unspecified atom stereocenters. The maximum atomic E-state index is 6.08. The lowest BCUT2D eigenvalue weighted by Gasteiger charge is -2.13. The van der Waals surface area contributed by atoms with Gasteiger partial charge < -0.3 is 10.5 Å². The van der Waals surface area contributed by atoms with Crippen LogP contribution in [0.1, 0.15) is 24.8 Å². The van der Waals surface area contributed by atoms with Crippen LogP contribution in [0.4, 0.5) is 0 Å². The van der Waals surface area contributed by atoms with Gasteiger partial charge in [-0.3, -0.25) is 4.98 Å². The minimum Gasteiger partial charge on any atom is -0.496 e. The van der Waals surface area contributed by atoms with Gasteiger partial charge in [0.25, 0.3) is 0 Å². The lowest BCUT2D eigenvalue weighted by atomic mass is 9.96. The molecule has 0 aliphatic carbocycles. The van der Waals surface area contributed by atoms with Crippen molar-refractivity contribution in [3.8, 4) is 16.9 Å². The topological polar surface area (TPSA) is 48.1 Å². The first-order chi connectivity index (χ1) is 9.65. The fourth-order valence-electron chi connectivity index (χ4n) is 2.20. The summed E-state index contributed by atoms with van der Waals surface area (Å²) in [7, 11) is 1.65. The molecule has 0 aliphatic heterocycles. The first-order valence-electron chi connectivity index (χ1n) is 6.64. The van der Waals surface area contributed by atoms with E-state index in [9.17, 15) is 0 Å². The second kappa shape index (κ2) is 6.73. The molecular weight excluding hydrogens is 272 g/mol. The Kier molecular flexibility index (Phi) is 4.99. The molecule has 106 valence electrons. The third-order valence-electron chi connectivity index (χ3n) is 3.40. The highest BCUT2D eigenvalue weighted by molar-refractivity contribution is 6.31. The van der Waals surface area contributed by atoms with E-state index in [0.717, 1.165) is 23.3 Å². The molecular formula is C16H19ClN2O. The van der Waals surface area contributed by atoms with Crippen LogP contribution in [0.25, 0.3) is 11.1 Å². The van der Waals surface area contributed by atoms with E-state index >= 15 is 0 Å². The summed E-state index contributed by atoms with van der Waals surface area (Å²) in [5.41, 5.74) is 8.76. The molecule has 3 nitrogen and oxygen atoms in total.